The highest BCUT2D eigenvalue weighted by molar-refractivity contribution is 6.29. The zero-order valence-electron chi connectivity index (χ0n) is 14.6. The van der Waals surface area contributed by atoms with Gasteiger partial charge in [-0.25, -0.2) is 4.79 Å². The van der Waals surface area contributed by atoms with Crippen LogP contribution in [0.4, 0.5) is 0 Å². The molecule has 134 valence electrons. The molecule has 0 unspecified atom stereocenters. The Morgan fingerprint density at radius 3 is 2.48 bits per heavy atom. The Balaban J connectivity index is 2.09. The summed E-state index contributed by atoms with van der Waals surface area (Å²) >= 11 is 5.73. The summed E-state index contributed by atoms with van der Waals surface area (Å²) in [6.07, 6.45) is 1.49. The summed E-state index contributed by atoms with van der Waals surface area (Å²) in [5.41, 5.74) is 1.12. The zero-order chi connectivity index (χ0) is 18.4. The van der Waals surface area contributed by atoms with Crippen LogP contribution in [0.3, 0.4) is 0 Å². The van der Waals surface area contributed by atoms with Crippen LogP contribution in [0, 0.1) is 6.92 Å². The van der Waals surface area contributed by atoms with Crippen molar-refractivity contribution in [1.29, 1.82) is 0 Å². The first-order valence-corrected chi connectivity index (χ1v) is 8.54. The summed E-state index contributed by atoms with van der Waals surface area (Å²) in [4.78, 5) is 29.5. The Morgan fingerprint density at radius 2 is 1.92 bits per heavy atom. The van der Waals surface area contributed by atoms with E-state index >= 15 is 0 Å². The topological polar surface area (TPSA) is 84.1 Å². The molecule has 6 nitrogen and oxygen atoms in total. The van der Waals surface area contributed by atoms with E-state index < -0.39 is 11.2 Å². The van der Waals surface area contributed by atoms with Gasteiger partial charge < -0.3 is 10.1 Å². The van der Waals surface area contributed by atoms with Crippen LogP contribution < -0.4 is 15.7 Å². The summed E-state index contributed by atoms with van der Waals surface area (Å²) < 4.78 is 5.29. The van der Waals surface area contributed by atoms with Crippen molar-refractivity contribution in [1.82, 2.24) is 15.3 Å². The van der Waals surface area contributed by atoms with Crippen LogP contribution in [0.2, 0.25) is 5.15 Å². The third kappa shape index (κ3) is 4.82. The Bertz CT molecular complexity index is 783. The minimum absolute atomic E-state index is 0.0119. The number of hydrogen-bond acceptors (Lipinski definition) is 4. The minimum Gasteiger partial charge on any atom is -0.467 e. The summed E-state index contributed by atoms with van der Waals surface area (Å²) in [5.74, 6) is -0.277. The maximum Gasteiger partial charge on any atom is 0.349 e. The summed E-state index contributed by atoms with van der Waals surface area (Å²) in [5, 5.41) is 3.16. The molecule has 0 aliphatic heterocycles. The maximum absolute atomic E-state index is 12.4. The van der Waals surface area contributed by atoms with Gasteiger partial charge in [-0.3, -0.25) is 9.78 Å². The SMILES string of the molecule is CCC(CC)(NC(=O)COc1cc(Cl)[nH]c(=O)n1)c1ccc(C)cc1. The highest BCUT2D eigenvalue weighted by Crippen LogP contribution is 2.29. The fourth-order valence-corrected chi connectivity index (χ4v) is 2.88. The number of nitrogens with zero attached hydrogens (tertiary/aromatic N) is 1. The summed E-state index contributed by atoms with van der Waals surface area (Å²) in [7, 11) is 0. The number of nitrogens with one attached hydrogen (secondary N) is 2. The molecular formula is C18H22ClN3O3. The number of carbonyl (C=O) groups excluding carboxylic acids is 1. The lowest BCUT2D eigenvalue weighted by Crippen LogP contribution is -2.47. The average molecular weight is 364 g/mol. The van der Waals surface area contributed by atoms with Crippen molar-refractivity contribution in [2.75, 3.05) is 6.61 Å². The molecule has 2 rings (SSSR count). The maximum atomic E-state index is 12.4. The molecule has 0 saturated heterocycles. The van der Waals surface area contributed by atoms with Gasteiger partial charge in [0.2, 0.25) is 5.88 Å². The molecule has 0 radical (unpaired) electrons. The predicted octanol–water partition coefficient (Wildman–Crippen LogP) is 2.94. The van der Waals surface area contributed by atoms with Crippen LogP contribution in [0.25, 0.3) is 0 Å². The van der Waals surface area contributed by atoms with Gasteiger partial charge in [-0.15, -0.1) is 0 Å². The van der Waals surface area contributed by atoms with Gasteiger partial charge in [-0.2, -0.15) is 4.98 Å². The first-order chi connectivity index (χ1) is 11.9. The van der Waals surface area contributed by atoms with Gasteiger partial charge in [-0.05, 0) is 25.3 Å². The molecule has 7 heteroatoms. The molecular weight excluding hydrogens is 342 g/mol. The number of aryl methyl sites for hydroxylation is 1. The number of halogens is 1. The Kier molecular flexibility index (Phi) is 6.20. The van der Waals surface area contributed by atoms with E-state index in [1.54, 1.807) is 0 Å². The lowest BCUT2D eigenvalue weighted by Gasteiger charge is -2.33. The number of ether oxygens (including phenoxy) is 1. The lowest BCUT2D eigenvalue weighted by atomic mass is 9.84. The number of rotatable bonds is 7. The molecule has 0 atom stereocenters. The van der Waals surface area contributed by atoms with Gasteiger partial charge in [0.15, 0.2) is 6.61 Å². The molecule has 2 N–H and O–H groups in total. The van der Waals surface area contributed by atoms with E-state index in [4.69, 9.17) is 16.3 Å². The van der Waals surface area contributed by atoms with Crippen molar-refractivity contribution in [2.24, 2.45) is 0 Å². The third-order valence-corrected chi connectivity index (χ3v) is 4.43. The number of H-pyrrole nitrogens is 1. The van der Waals surface area contributed by atoms with Crippen molar-refractivity contribution in [3.8, 4) is 5.88 Å². The molecule has 1 aromatic carbocycles. The normalized spacial score (nSPS) is 11.2. The predicted molar refractivity (Wildman–Crippen MR) is 96.9 cm³/mol. The lowest BCUT2D eigenvalue weighted by molar-refractivity contribution is -0.125. The third-order valence-electron chi connectivity index (χ3n) is 4.23. The number of carbonyl (C=O) groups is 1. The largest absolute Gasteiger partial charge is 0.467 e. The van der Waals surface area contributed by atoms with Crippen LogP contribution >= 0.6 is 11.6 Å². The van der Waals surface area contributed by atoms with E-state index in [1.165, 1.54) is 6.07 Å². The summed E-state index contributed by atoms with van der Waals surface area (Å²) in [6, 6.07) is 9.46. The second-order valence-electron chi connectivity index (χ2n) is 5.86. The van der Waals surface area contributed by atoms with E-state index in [9.17, 15) is 9.59 Å². The highest BCUT2D eigenvalue weighted by Gasteiger charge is 2.30. The quantitative estimate of drug-likeness (QED) is 0.741. The van der Waals surface area contributed by atoms with Crippen LogP contribution in [0.5, 0.6) is 5.88 Å². The van der Waals surface area contributed by atoms with E-state index in [-0.39, 0.29) is 23.5 Å². The van der Waals surface area contributed by atoms with E-state index in [0.29, 0.717) is 0 Å². The smallest absolute Gasteiger partial charge is 0.349 e. The number of benzene rings is 1. The van der Waals surface area contributed by atoms with Crippen molar-refractivity contribution >= 4 is 17.5 Å². The van der Waals surface area contributed by atoms with Crippen molar-refractivity contribution in [3.05, 3.63) is 57.1 Å². The molecule has 1 heterocycles. The Morgan fingerprint density at radius 1 is 1.28 bits per heavy atom. The van der Waals surface area contributed by atoms with Gasteiger partial charge in [0.1, 0.15) is 5.15 Å². The molecule has 1 amide bonds. The van der Waals surface area contributed by atoms with Crippen molar-refractivity contribution < 1.29 is 9.53 Å². The fourth-order valence-electron chi connectivity index (χ4n) is 2.70. The average Bonchev–Trinajstić information content (AvgIpc) is 2.58. The van der Waals surface area contributed by atoms with Crippen LogP contribution in [0.15, 0.2) is 35.1 Å². The molecule has 0 aliphatic rings. The number of aromatic amines is 1. The van der Waals surface area contributed by atoms with Crippen molar-refractivity contribution in [3.63, 3.8) is 0 Å². The first-order valence-electron chi connectivity index (χ1n) is 8.16. The van der Waals surface area contributed by atoms with Gasteiger partial charge in [0, 0.05) is 6.07 Å². The molecule has 25 heavy (non-hydrogen) atoms. The van der Waals surface area contributed by atoms with Gasteiger partial charge >= 0.3 is 5.69 Å². The monoisotopic (exact) mass is 363 g/mol. The first kappa shape index (κ1) is 19.0. The molecule has 0 bridgehead atoms. The molecule has 0 fully saturated rings. The van der Waals surface area contributed by atoms with Gasteiger partial charge in [0.25, 0.3) is 5.91 Å². The standard InChI is InChI=1S/C18H22ClN3O3/c1-4-18(5-2,13-8-6-12(3)7-9-13)22-15(23)11-25-16-10-14(19)20-17(24)21-16/h6-10H,4-5,11H2,1-3H3,(H,22,23)(H,20,21,24). The van der Waals surface area contributed by atoms with E-state index in [2.05, 4.69) is 15.3 Å². The number of aromatic nitrogens is 2. The highest BCUT2D eigenvalue weighted by atomic mass is 35.5. The molecule has 0 spiro atoms. The Labute approximate surface area is 151 Å². The number of amides is 1. The Hall–Kier alpha value is -2.34. The second kappa shape index (κ2) is 8.16. The van der Waals surface area contributed by atoms with Gasteiger partial charge in [-0.1, -0.05) is 55.3 Å². The zero-order valence-corrected chi connectivity index (χ0v) is 15.3. The van der Waals surface area contributed by atoms with E-state index in [0.717, 1.165) is 24.0 Å². The van der Waals surface area contributed by atoms with Crippen LogP contribution in [0.1, 0.15) is 37.8 Å². The van der Waals surface area contributed by atoms with Gasteiger partial charge in [0.05, 0.1) is 5.54 Å². The molecule has 2 aromatic rings. The fraction of sp³-hybridized carbons (Fsp3) is 0.389. The molecule has 0 aliphatic carbocycles. The second-order valence-corrected chi connectivity index (χ2v) is 6.27. The number of hydrogen-bond donors (Lipinski definition) is 2. The molecule has 1 aromatic heterocycles. The van der Waals surface area contributed by atoms with Crippen molar-refractivity contribution in [2.45, 2.75) is 39.2 Å². The summed E-state index contributed by atoms with van der Waals surface area (Å²) in [6.45, 7) is 5.83. The van der Waals surface area contributed by atoms with Crippen LogP contribution in [-0.4, -0.2) is 22.5 Å². The molecule has 0 saturated carbocycles. The van der Waals surface area contributed by atoms with Crippen LogP contribution in [-0.2, 0) is 10.3 Å². The minimum atomic E-state index is -0.626. The van der Waals surface area contributed by atoms with E-state index in [1.807, 2.05) is 45.0 Å².